The highest BCUT2D eigenvalue weighted by atomic mass is 32.1. The molecule has 1 aliphatic heterocycles. The van der Waals surface area contributed by atoms with Gasteiger partial charge >= 0.3 is 0 Å². The molecule has 2 aromatic heterocycles. The van der Waals surface area contributed by atoms with Crippen LogP contribution in [-0.4, -0.2) is 54.2 Å². The van der Waals surface area contributed by atoms with Crippen molar-refractivity contribution in [1.29, 1.82) is 0 Å². The van der Waals surface area contributed by atoms with E-state index in [4.69, 9.17) is 9.47 Å². The Bertz CT molecular complexity index is 1050. The van der Waals surface area contributed by atoms with E-state index >= 15 is 0 Å². The number of rotatable bonds is 7. The summed E-state index contributed by atoms with van der Waals surface area (Å²) in [7, 11) is 0. The first-order chi connectivity index (χ1) is 14.4. The van der Waals surface area contributed by atoms with Crippen LogP contribution >= 0.6 is 11.3 Å². The Hall–Kier alpha value is -2.22. The van der Waals surface area contributed by atoms with Gasteiger partial charge in [0, 0.05) is 43.3 Å². The summed E-state index contributed by atoms with van der Waals surface area (Å²) in [6.07, 6.45) is -0.0512. The summed E-state index contributed by atoms with van der Waals surface area (Å²) in [5.41, 5.74) is 1.25. The average molecular weight is 431 g/mol. The maximum Gasteiger partial charge on any atom is 0.205 e. The number of aromatic nitrogens is 1. The van der Waals surface area contributed by atoms with Crippen LogP contribution in [0, 0.1) is 12.7 Å². The van der Waals surface area contributed by atoms with Crippen molar-refractivity contribution in [3.05, 3.63) is 52.3 Å². The molecule has 7 heteroatoms. The molecule has 0 atom stereocenters. The summed E-state index contributed by atoms with van der Waals surface area (Å²) in [5.74, 6) is -0.412. The SMILES string of the molecule is Cc1cc2cc(C(=O)c3ccc(OC(C)C)cc3F)sc2n1CCN1CCOCC1. The second-order valence-corrected chi connectivity index (χ2v) is 8.93. The lowest BCUT2D eigenvalue weighted by Gasteiger charge is -2.26. The number of hydrogen-bond acceptors (Lipinski definition) is 5. The van der Waals surface area contributed by atoms with E-state index in [1.165, 1.54) is 29.2 Å². The van der Waals surface area contributed by atoms with Crippen LogP contribution in [0.1, 0.15) is 34.8 Å². The molecule has 0 aliphatic carbocycles. The first kappa shape index (κ1) is 21.0. The molecule has 0 N–H and O–H groups in total. The van der Waals surface area contributed by atoms with E-state index in [0.29, 0.717) is 10.6 Å². The Labute approximate surface area is 180 Å². The topological polar surface area (TPSA) is 43.7 Å². The van der Waals surface area contributed by atoms with Gasteiger partial charge in [0.05, 0.1) is 29.8 Å². The number of fused-ring (bicyclic) bond motifs is 1. The molecule has 1 aromatic carbocycles. The van der Waals surface area contributed by atoms with Crippen LogP contribution in [0.4, 0.5) is 4.39 Å². The van der Waals surface area contributed by atoms with E-state index in [-0.39, 0.29) is 17.5 Å². The second kappa shape index (κ2) is 8.88. The average Bonchev–Trinajstić information content (AvgIpc) is 3.23. The second-order valence-electron chi connectivity index (χ2n) is 7.90. The molecule has 4 rings (SSSR count). The standard InChI is InChI=1S/C23H27FN2O3S/c1-15(2)29-18-4-5-19(20(24)14-18)22(27)21-13-17-12-16(3)26(23(17)30-21)7-6-25-8-10-28-11-9-25/h4-5,12-15H,6-11H2,1-3H3. The highest BCUT2D eigenvalue weighted by Crippen LogP contribution is 2.31. The quantitative estimate of drug-likeness (QED) is 0.518. The molecule has 3 aromatic rings. The number of morpholine rings is 1. The number of thiophene rings is 1. The van der Waals surface area contributed by atoms with Crippen molar-refractivity contribution in [3.63, 3.8) is 0 Å². The predicted octanol–water partition coefficient (Wildman–Crippen LogP) is 4.50. The Balaban J connectivity index is 1.54. The van der Waals surface area contributed by atoms with E-state index in [1.54, 1.807) is 6.07 Å². The number of benzene rings is 1. The summed E-state index contributed by atoms with van der Waals surface area (Å²) >= 11 is 1.43. The van der Waals surface area contributed by atoms with Crippen LogP contribution in [-0.2, 0) is 11.3 Å². The van der Waals surface area contributed by atoms with Gasteiger partial charge in [-0.15, -0.1) is 11.3 Å². The third-order valence-electron chi connectivity index (χ3n) is 5.30. The van der Waals surface area contributed by atoms with E-state index in [2.05, 4.69) is 22.5 Å². The lowest BCUT2D eigenvalue weighted by Crippen LogP contribution is -2.38. The van der Waals surface area contributed by atoms with Crippen LogP contribution in [0.3, 0.4) is 0 Å². The van der Waals surface area contributed by atoms with Gasteiger partial charge in [-0.2, -0.15) is 0 Å². The molecule has 0 unspecified atom stereocenters. The molecule has 0 bridgehead atoms. The molecule has 30 heavy (non-hydrogen) atoms. The molecule has 0 spiro atoms. The van der Waals surface area contributed by atoms with Gasteiger partial charge < -0.3 is 14.0 Å². The van der Waals surface area contributed by atoms with Crippen LogP contribution in [0.5, 0.6) is 5.75 Å². The van der Waals surface area contributed by atoms with Crippen LogP contribution < -0.4 is 4.74 Å². The van der Waals surface area contributed by atoms with E-state index < -0.39 is 5.82 Å². The predicted molar refractivity (Wildman–Crippen MR) is 117 cm³/mol. The van der Waals surface area contributed by atoms with E-state index in [9.17, 15) is 9.18 Å². The lowest BCUT2D eigenvalue weighted by molar-refractivity contribution is 0.0365. The summed E-state index contributed by atoms with van der Waals surface area (Å²) in [6.45, 7) is 11.1. The van der Waals surface area contributed by atoms with Crippen molar-refractivity contribution < 1.29 is 18.7 Å². The van der Waals surface area contributed by atoms with Crippen LogP contribution in [0.25, 0.3) is 10.2 Å². The largest absolute Gasteiger partial charge is 0.491 e. The summed E-state index contributed by atoms with van der Waals surface area (Å²) < 4.78 is 27.8. The van der Waals surface area contributed by atoms with Crippen LogP contribution in [0.15, 0.2) is 30.3 Å². The molecule has 1 fully saturated rings. The lowest BCUT2D eigenvalue weighted by atomic mass is 10.1. The normalized spacial score (nSPS) is 15.2. The molecular formula is C23H27FN2O3S. The van der Waals surface area contributed by atoms with E-state index in [1.807, 2.05) is 19.9 Å². The maximum absolute atomic E-state index is 14.6. The molecule has 0 radical (unpaired) electrons. The van der Waals surface area contributed by atoms with Gasteiger partial charge in [0.15, 0.2) is 0 Å². The molecule has 3 heterocycles. The number of carbonyl (C=O) groups excluding carboxylic acids is 1. The number of nitrogens with zero attached hydrogens (tertiary/aromatic N) is 2. The summed E-state index contributed by atoms with van der Waals surface area (Å²) in [5, 5.41) is 1.03. The van der Waals surface area contributed by atoms with Crippen molar-refractivity contribution in [1.82, 2.24) is 9.47 Å². The molecular weight excluding hydrogens is 403 g/mol. The first-order valence-electron chi connectivity index (χ1n) is 10.3. The molecule has 160 valence electrons. The zero-order valence-corrected chi connectivity index (χ0v) is 18.4. The summed E-state index contributed by atoms with van der Waals surface area (Å²) in [6, 6.07) is 8.41. The van der Waals surface area contributed by atoms with Crippen molar-refractivity contribution in [2.45, 2.75) is 33.4 Å². The van der Waals surface area contributed by atoms with Gasteiger partial charge in [-0.25, -0.2) is 4.39 Å². The van der Waals surface area contributed by atoms with Gasteiger partial charge in [0.1, 0.15) is 16.4 Å². The van der Waals surface area contributed by atoms with E-state index in [0.717, 1.165) is 49.6 Å². The molecule has 0 saturated carbocycles. The fraction of sp³-hybridized carbons (Fsp3) is 0.435. The van der Waals surface area contributed by atoms with Crippen LogP contribution in [0.2, 0.25) is 0 Å². The Morgan fingerprint density at radius 3 is 2.67 bits per heavy atom. The third-order valence-corrected chi connectivity index (χ3v) is 6.47. The number of hydrogen-bond donors (Lipinski definition) is 0. The molecule has 5 nitrogen and oxygen atoms in total. The Morgan fingerprint density at radius 1 is 1.20 bits per heavy atom. The van der Waals surface area contributed by atoms with Gasteiger partial charge in [0.25, 0.3) is 0 Å². The monoisotopic (exact) mass is 430 g/mol. The molecule has 1 aliphatic rings. The fourth-order valence-electron chi connectivity index (χ4n) is 3.79. The van der Waals surface area contributed by atoms with Crippen molar-refractivity contribution >= 4 is 27.3 Å². The minimum absolute atomic E-state index is 0.0512. The number of ether oxygens (including phenoxy) is 2. The smallest absolute Gasteiger partial charge is 0.205 e. The Kier molecular flexibility index (Phi) is 6.22. The zero-order chi connectivity index (χ0) is 21.3. The van der Waals surface area contributed by atoms with Crippen molar-refractivity contribution in [3.8, 4) is 5.75 Å². The third kappa shape index (κ3) is 4.43. The number of ketones is 1. The maximum atomic E-state index is 14.6. The number of carbonyl (C=O) groups is 1. The minimum atomic E-state index is -0.553. The van der Waals surface area contributed by atoms with Crippen molar-refractivity contribution in [2.24, 2.45) is 0 Å². The van der Waals surface area contributed by atoms with Gasteiger partial charge in [-0.3, -0.25) is 9.69 Å². The van der Waals surface area contributed by atoms with Gasteiger partial charge in [-0.1, -0.05) is 0 Å². The fourth-order valence-corrected chi connectivity index (χ4v) is 4.97. The Morgan fingerprint density at radius 2 is 1.97 bits per heavy atom. The number of halogens is 1. The first-order valence-corrected chi connectivity index (χ1v) is 11.1. The number of aryl methyl sites for hydroxylation is 1. The van der Waals surface area contributed by atoms with Gasteiger partial charge in [-0.05, 0) is 45.0 Å². The highest BCUT2D eigenvalue weighted by molar-refractivity contribution is 7.20. The summed E-state index contributed by atoms with van der Waals surface area (Å²) in [4.78, 5) is 17.0. The highest BCUT2D eigenvalue weighted by Gasteiger charge is 2.20. The zero-order valence-electron chi connectivity index (χ0n) is 17.6. The van der Waals surface area contributed by atoms with Crippen molar-refractivity contribution in [2.75, 3.05) is 32.8 Å². The molecule has 1 saturated heterocycles. The molecule has 0 amide bonds. The van der Waals surface area contributed by atoms with Gasteiger partial charge in [0.2, 0.25) is 5.78 Å². The minimum Gasteiger partial charge on any atom is -0.491 e.